The Hall–Kier alpha value is -2.58. The maximum atomic E-state index is 12.4. The van der Waals surface area contributed by atoms with E-state index in [1.807, 2.05) is 0 Å². The lowest BCUT2D eigenvalue weighted by molar-refractivity contribution is -0.138. The quantitative estimate of drug-likeness (QED) is 0.267. The average molecular weight is 371 g/mol. The Balaban J connectivity index is 5.59. The molecule has 0 saturated heterocycles. The predicted molar refractivity (Wildman–Crippen MR) is 96.8 cm³/mol. The summed E-state index contributed by atoms with van der Waals surface area (Å²) in [5.41, 5.74) is -1.53. The van der Waals surface area contributed by atoms with Crippen LogP contribution in [0.3, 0.4) is 0 Å². The molecule has 1 N–H and O–H groups in total. The smallest absolute Gasteiger partial charge is 0.417 e. The highest BCUT2D eigenvalue weighted by atomic mass is 16.6. The summed E-state index contributed by atoms with van der Waals surface area (Å²) in [6.45, 7) is 13.3. The Morgan fingerprint density at radius 1 is 1.08 bits per heavy atom. The van der Waals surface area contributed by atoms with Crippen LogP contribution in [0, 0.1) is 0 Å². The van der Waals surface area contributed by atoms with E-state index in [4.69, 9.17) is 9.47 Å². The minimum atomic E-state index is -0.835. The minimum absolute atomic E-state index is 0.00921. The maximum absolute atomic E-state index is 12.4. The fourth-order valence-electron chi connectivity index (χ4n) is 1.48. The topological polar surface area (TPSA) is 107 Å². The minimum Gasteiger partial charge on any atom is -0.468 e. The van der Waals surface area contributed by atoms with Gasteiger partial charge in [0.15, 0.2) is 0 Å². The Kier molecular flexibility index (Phi) is 8.82. The molecular formula is C17H29N3O6. The number of hydrogen-bond donors (Lipinski definition) is 1. The maximum Gasteiger partial charge on any atom is 0.417 e. The molecular weight excluding hydrogens is 342 g/mol. The summed E-state index contributed by atoms with van der Waals surface area (Å²) in [5.74, 6) is -0.852. The van der Waals surface area contributed by atoms with Crippen molar-refractivity contribution in [3.05, 3.63) is 12.7 Å². The number of ether oxygens (including phenoxy) is 3. The Morgan fingerprint density at radius 3 is 2.04 bits per heavy atom. The summed E-state index contributed by atoms with van der Waals surface area (Å²) in [6.07, 6.45) is -0.176. The van der Waals surface area contributed by atoms with Gasteiger partial charge in [-0.05, 0) is 41.5 Å². The first-order valence-corrected chi connectivity index (χ1v) is 8.01. The number of rotatable bonds is 4. The largest absolute Gasteiger partial charge is 0.468 e. The van der Waals surface area contributed by atoms with E-state index in [9.17, 15) is 14.4 Å². The van der Waals surface area contributed by atoms with Gasteiger partial charge in [0.25, 0.3) is 0 Å². The zero-order chi connectivity index (χ0) is 20.5. The lowest BCUT2D eigenvalue weighted by Gasteiger charge is -2.28. The summed E-state index contributed by atoms with van der Waals surface area (Å²) in [7, 11) is 1.20. The number of carbonyl (C=O) groups is 3. The molecule has 0 aliphatic heterocycles. The highest BCUT2D eigenvalue weighted by Gasteiger charge is 2.27. The van der Waals surface area contributed by atoms with E-state index >= 15 is 0 Å². The molecule has 0 aliphatic rings. The SMILES string of the molecule is C=CCN(C(=O)OC(C)(C)C)C(=NCC(=O)OC)NC(=O)OC(C)(C)C. The Bertz CT molecular complexity index is 558. The fraction of sp³-hybridized carbons (Fsp3) is 0.647. The van der Waals surface area contributed by atoms with Gasteiger partial charge in [0, 0.05) is 6.54 Å². The number of guanidine groups is 1. The monoisotopic (exact) mass is 371 g/mol. The van der Waals surface area contributed by atoms with Gasteiger partial charge in [0.2, 0.25) is 5.96 Å². The van der Waals surface area contributed by atoms with Crippen LogP contribution in [0.25, 0.3) is 0 Å². The van der Waals surface area contributed by atoms with Gasteiger partial charge in [-0.1, -0.05) is 6.08 Å². The Labute approximate surface area is 154 Å². The first kappa shape index (κ1) is 23.4. The van der Waals surface area contributed by atoms with Gasteiger partial charge in [-0.25, -0.2) is 19.5 Å². The predicted octanol–water partition coefficient (Wildman–Crippen LogP) is 2.46. The lowest BCUT2D eigenvalue weighted by atomic mass is 10.2. The van der Waals surface area contributed by atoms with Gasteiger partial charge in [0.05, 0.1) is 7.11 Å². The van der Waals surface area contributed by atoms with E-state index in [0.717, 1.165) is 4.90 Å². The highest BCUT2D eigenvalue weighted by Crippen LogP contribution is 2.11. The summed E-state index contributed by atoms with van der Waals surface area (Å²) in [5, 5.41) is 2.36. The third-order valence-electron chi connectivity index (χ3n) is 2.38. The van der Waals surface area contributed by atoms with E-state index in [0.29, 0.717) is 0 Å². The molecule has 0 spiro atoms. The second-order valence-corrected chi connectivity index (χ2v) is 7.22. The van der Waals surface area contributed by atoms with Gasteiger partial charge in [-0.2, -0.15) is 0 Å². The van der Waals surface area contributed by atoms with Crippen LogP contribution in [0.5, 0.6) is 0 Å². The van der Waals surface area contributed by atoms with Crippen LogP contribution >= 0.6 is 0 Å². The van der Waals surface area contributed by atoms with Crippen molar-refractivity contribution in [3.63, 3.8) is 0 Å². The van der Waals surface area contributed by atoms with Crippen molar-refractivity contribution in [1.82, 2.24) is 10.2 Å². The zero-order valence-electron chi connectivity index (χ0n) is 16.5. The molecule has 0 radical (unpaired) electrons. The molecule has 0 aliphatic carbocycles. The van der Waals surface area contributed by atoms with E-state index in [-0.39, 0.29) is 12.5 Å². The molecule has 148 valence electrons. The van der Waals surface area contributed by atoms with Crippen molar-refractivity contribution in [2.24, 2.45) is 4.99 Å². The van der Waals surface area contributed by atoms with E-state index in [2.05, 4.69) is 21.6 Å². The molecule has 0 atom stereocenters. The van der Waals surface area contributed by atoms with Crippen LogP contribution in [0.2, 0.25) is 0 Å². The second kappa shape index (κ2) is 9.79. The van der Waals surface area contributed by atoms with Crippen molar-refractivity contribution in [1.29, 1.82) is 0 Å². The van der Waals surface area contributed by atoms with Crippen molar-refractivity contribution < 1.29 is 28.6 Å². The van der Waals surface area contributed by atoms with Crippen molar-refractivity contribution in [2.45, 2.75) is 52.7 Å². The molecule has 0 rings (SSSR count). The lowest BCUT2D eigenvalue weighted by Crippen LogP contribution is -2.50. The number of aliphatic imine (C=N–C) groups is 1. The van der Waals surface area contributed by atoms with Gasteiger partial charge in [-0.15, -0.1) is 6.58 Å². The van der Waals surface area contributed by atoms with Crippen molar-refractivity contribution in [2.75, 3.05) is 20.2 Å². The van der Waals surface area contributed by atoms with Crippen LogP contribution in [0.1, 0.15) is 41.5 Å². The number of hydrogen-bond acceptors (Lipinski definition) is 7. The van der Waals surface area contributed by atoms with Crippen molar-refractivity contribution >= 4 is 24.1 Å². The molecule has 2 amide bonds. The van der Waals surface area contributed by atoms with Crippen LogP contribution in [0.4, 0.5) is 9.59 Å². The van der Waals surface area contributed by atoms with Gasteiger partial charge < -0.3 is 14.2 Å². The van der Waals surface area contributed by atoms with Crippen LogP contribution in [0.15, 0.2) is 17.6 Å². The van der Waals surface area contributed by atoms with Crippen LogP contribution in [-0.4, -0.2) is 60.4 Å². The molecule has 9 nitrogen and oxygen atoms in total. The normalized spacial score (nSPS) is 12.0. The molecule has 0 bridgehead atoms. The first-order chi connectivity index (χ1) is 11.8. The summed E-state index contributed by atoms with van der Waals surface area (Å²) < 4.78 is 15.0. The molecule has 0 saturated carbocycles. The summed E-state index contributed by atoms with van der Waals surface area (Å²) in [4.78, 5) is 40.9. The standard InChI is InChI=1S/C17H29N3O6/c1-9-10-20(15(23)26-17(5,6)7)13(18-11-12(21)24-8)19-14(22)25-16(2,3)4/h9H,1,10-11H2,2-8H3,(H,18,19,22). The molecule has 0 fully saturated rings. The highest BCUT2D eigenvalue weighted by molar-refractivity contribution is 6.02. The number of amides is 2. The number of methoxy groups -OCH3 is 1. The Morgan fingerprint density at radius 2 is 1.62 bits per heavy atom. The summed E-state index contributed by atoms with van der Waals surface area (Å²) >= 11 is 0. The molecule has 26 heavy (non-hydrogen) atoms. The first-order valence-electron chi connectivity index (χ1n) is 8.01. The molecule has 0 aromatic carbocycles. The van der Waals surface area contributed by atoms with Gasteiger partial charge in [-0.3, -0.25) is 10.1 Å². The number of nitrogens with one attached hydrogen (secondary N) is 1. The van der Waals surface area contributed by atoms with E-state index in [1.54, 1.807) is 41.5 Å². The number of esters is 1. The van der Waals surface area contributed by atoms with Gasteiger partial charge in [0.1, 0.15) is 17.7 Å². The zero-order valence-corrected chi connectivity index (χ0v) is 16.5. The number of nitrogens with zero attached hydrogens (tertiary/aromatic N) is 2. The molecule has 9 heteroatoms. The number of carbonyl (C=O) groups excluding carboxylic acids is 3. The fourth-order valence-corrected chi connectivity index (χ4v) is 1.48. The van der Waals surface area contributed by atoms with Crippen LogP contribution < -0.4 is 5.32 Å². The molecule has 0 aromatic heterocycles. The third kappa shape index (κ3) is 10.3. The molecule has 0 aromatic rings. The summed E-state index contributed by atoms with van der Waals surface area (Å²) in [6, 6.07) is 0. The average Bonchev–Trinajstić information content (AvgIpc) is 2.45. The van der Waals surface area contributed by atoms with E-state index in [1.165, 1.54) is 13.2 Å². The van der Waals surface area contributed by atoms with Crippen LogP contribution in [-0.2, 0) is 19.0 Å². The van der Waals surface area contributed by atoms with Crippen molar-refractivity contribution in [3.8, 4) is 0 Å². The number of alkyl carbamates (subject to hydrolysis) is 1. The second-order valence-electron chi connectivity index (χ2n) is 7.22. The third-order valence-corrected chi connectivity index (χ3v) is 2.38. The molecule has 0 unspecified atom stereocenters. The molecule has 0 heterocycles. The van der Waals surface area contributed by atoms with E-state index < -0.39 is 35.9 Å². The van der Waals surface area contributed by atoms with Gasteiger partial charge >= 0.3 is 18.2 Å².